The van der Waals surface area contributed by atoms with Crippen molar-refractivity contribution in [2.75, 3.05) is 6.16 Å². The Morgan fingerprint density at radius 2 is 0.824 bits per heavy atom. The molecule has 0 bridgehead atoms. The Hall–Kier alpha value is 0.910. The van der Waals surface area contributed by atoms with E-state index in [1.807, 2.05) is 0 Å². The fourth-order valence-corrected chi connectivity index (χ4v) is 2.45. The summed E-state index contributed by atoms with van der Waals surface area (Å²) in [5, 5.41) is 0. The van der Waals surface area contributed by atoms with E-state index in [1.165, 1.54) is 89.6 Å². The summed E-state index contributed by atoms with van der Waals surface area (Å²) in [6.07, 6.45) is 20.2. The lowest BCUT2D eigenvalue weighted by Gasteiger charge is -2.02. The van der Waals surface area contributed by atoms with Crippen LogP contribution in [0.3, 0.4) is 0 Å². The standard InChI is InChI=1S/C15H33P.BrH/c1-2-3-4-5-6-7-8-9-10-11-12-13-14-15-16;/h2-16H2,1H3;1H. The molecule has 0 aromatic carbocycles. The maximum atomic E-state index is 2.82. The Kier molecular flexibility index (Phi) is 22.9. The van der Waals surface area contributed by atoms with Crippen molar-refractivity contribution < 1.29 is 0 Å². The molecule has 1 atom stereocenters. The molecule has 0 aromatic rings. The van der Waals surface area contributed by atoms with Gasteiger partial charge >= 0.3 is 0 Å². The Morgan fingerprint density at radius 3 is 1.12 bits per heavy atom. The second kappa shape index (κ2) is 19.3. The molecule has 0 aliphatic heterocycles. The molecular formula is C15H34BrP. The molecule has 0 fully saturated rings. The van der Waals surface area contributed by atoms with Gasteiger partial charge in [0.2, 0.25) is 0 Å². The van der Waals surface area contributed by atoms with Gasteiger partial charge in [-0.3, -0.25) is 0 Å². The summed E-state index contributed by atoms with van der Waals surface area (Å²) in [4.78, 5) is 0. The number of halogens is 1. The average molecular weight is 325 g/mol. The fraction of sp³-hybridized carbons (Fsp3) is 1.00. The molecule has 0 saturated carbocycles. The third-order valence-electron chi connectivity index (χ3n) is 3.31. The molecule has 2 heteroatoms. The first-order valence-corrected chi connectivity index (χ1v) is 8.43. The van der Waals surface area contributed by atoms with Crippen molar-refractivity contribution in [2.45, 2.75) is 90.4 Å². The normalized spacial score (nSPS) is 10.2. The minimum absolute atomic E-state index is 0. The number of unbranched alkanes of at least 4 members (excludes halogenated alkanes) is 12. The molecule has 0 aliphatic rings. The van der Waals surface area contributed by atoms with E-state index in [-0.39, 0.29) is 17.0 Å². The zero-order valence-electron chi connectivity index (χ0n) is 11.9. The lowest BCUT2D eigenvalue weighted by Crippen LogP contribution is -1.83. The molecule has 0 aromatic heterocycles. The van der Waals surface area contributed by atoms with Crippen molar-refractivity contribution in [1.29, 1.82) is 0 Å². The monoisotopic (exact) mass is 324 g/mol. The Bertz CT molecular complexity index is 103. The van der Waals surface area contributed by atoms with Crippen molar-refractivity contribution in [1.82, 2.24) is 0 Å². The minimum atomic E-state index is 0. The Labute approximate surface area is 123 Å². The van der Waals surface area contributed by atoms with Gasteiger partial charge in [-0.05, 0) is 12.6 Å². The summed E-state index contributed by atoms with van der Waals surface area (Å²) in [6, 6.07) is 0. The third-order valence-corrected chi connectivity index (χ3v) is 3.72. The molecule has 1 unspecified atom stereocenters. The maximum Gasteiger partial charge on any atom is -0.0381 e. The van der Waals surface area contributed by atoms with Gasteiger partial charge in [0.1, 0.15) is 0 Å². The van der Waals surface area contributed by atoms with E-state index in [4.69, 9.17) is 0 Å². The molecule has 0 N–H and O–H groups in total. The topological polar surface area (TPSA) is 0 Å². The molecule has 0 saturated heterocycles. The highest BCUT2D eigenvalue weighted by atomic mass is 79.9. The van der Waals surface area contributed by atoms with E-state index < -0.39 is 0 Å². The highest BCUT2D eigenvalue weighted by Crippen LogP contribution is 2.12. The Morgan fingerprint density at radius 1 is 0.529 bits per heavy atom. The third kappa shape index (κ3) is 19.4. The second-order valence-electron chi connectivity index (χ2n) is 5.03. The van der Waals surface area contributed by atoms with Crippen LogP contribution in [-0.4, -0.2) is 6.16 Å². The molecule has 106 valence electrons. The smallest absolute Gasteiger partial charge is 0.0381 e. The SMILES string of the molecule is Br.CCCCCCCCCCCCCCCP. The van der Waals surface area contributed by atoms with E-state index in [9.17, 15) is 0 Å². The van der Waals surface area contributed by atoms with Gasteiger partial charge in [-0.25, -0.2) is 0 Å². The first-order chi connectivity index (χ1) is 7.91. The van der Waals surface area contributed by atoms with Crippen LogP contribution in [0.5, 0.6) is 0 Å². The van der Waals surface area contributed by atoms with Crippen LogP contribution in [0, 0.1) is 0 Å². The highest BCUT2D eigenvalue weighted by Gasteiger charge is 1.92. The van der Waals surface area contributed by atoms with E-state index >= 15 is 0 Å². The van der Waals surface area contributed by atoms with Gasteiger partial charge in [0.05, 0.1) is 0 Å². The summed E-state index contributed by atoms with van der Waals surface area (Å²) in [7, 11) is 2.82. The van der Waals surface area contributed by atoms with Crippen molar-refractivity contribution in [2.24, 2.45) is 0 Å². The highest BCUT2D eigenvalue weighted by molar-refractivity contribution is 8.93. The molecule has 0 heterocycles. The lowest BCUT2D eigenvalue weighted by molar-refractivity contribution is 0.543. The molecule has 0 radical (unpaired) electrons. The zero-order chi connectivity index (χ0) is 11.9. The van der Waals surface area contributed by atoms with Gasteiger partial charge in [-0.15, -0.1) is 26.2 Å². The van der Waals surface area contributed by atoms with Gasteiger partial charge in [0.25, 0.3) is 0 Å². The quantitative estimate of drug-likeness (QED) is 0.267. The van der Waals surface area contributed by atoms with Crippen molar-refractivity contribution >= 4 is 26.2 Å². The van der Waals surface area contributed by atoms with E-state index in [1.54, 1.807) is 0 Å². The van der Waals surface area contributed by atoms with Gasteiger partial charge in [0.15, 0.2) is 0 Å². The van der Waals surface area contributed by atoms with Crippen molar-refractivity contribution in [3.05, 3.63) is 0 Å². The summed E-state index contributed by atoms with van der Waals surface area (Å²) in [6.45, 7) is 2.29. The van der Waals surface area contributed by atoms with Crippen LogP contribution in [0.15, 0.2) is 0 Å². The number of hydrogen-bond acceptors (Lipinski definition) is 0. The van der Waals surface area contributed by atoms with Crippen LogP contribution in [0.1, 0.15) is 90.4 Å². The van der Waals surface area contributed by atoms with Crippen LogP contribution in [-0.2, 0) is 0 Å². The Balaban J connectivity index is 0. The predicted molar refractivity (Wildman–Crippen MR) is 90.6 cm³/mol. The predicted octanol–water partition coefficient (Wildman–Crippen LogP) is 6.53. The molecule has 0 rings (SSSR count). The summed E-state index contributed by atoms with van der Waals surface area (Å²) >= 11 is 0. The summed E-state index contributed by atoms with van der Waals surface area (Å²) < 4.78 is 0. The van der Waals surface area contributed by atoms with Crippen LogP contribution < -0.4 is 0 Å². The molecular weight excluding hydrogens is 291 g/mol. The second-order valence-corrected chi connectivity index (χ2v) is 5.61. The van der Waals surface area contributed by atoms with Crippen LogP contribution in [0.4, 0.5) is 0 Å². The van der Waals surface area contributed by atoms with Crippen molar-refractivity contribution in [3.63, 3.8) is 0 Å². The number of rotatable bonds is 13. The van der Waals surface area contributed by atoms with E-state index in [0.29, 0.717) is 0 Å². The largest absolute Gasteiger partial charge is 0.138 e. The van der Waals surface area contributed by atoms with E-state index in [0.717, 1.165) is 0 Å². The van der Waals surface area contributed by atoms with Gasteiger partial charge in [-0.2, -0.15) is 0 Å². The number of hydrogen-bond donors (Lipinski definition) is 0. The van der Waals surface area contributed by atoms with Gasteiger partial charge in [-0.1, -0.05) is 84.0 Å². The zero-order valence-corrected chi connectivity index (χ0v) is 14.8. The maximum absolute atomic E-state index is 2.82. The molecule has 0 aliphatic carbocycles. The lowest BCUT2D eigenvalue weighted by atomic mass is 10.1. The first-order valence-electron chi connectivity index (χ1n) is 7.62. The summed E-state index contributed by atoms with van der Waals surface area (Å²) in [5.41, 5.74) is 0. The summed E-state index contributed by atoms with van der Waals surface area (Å²) in [5.74, 6) is 0. The van der Waals surface area contributed by atoms with E-state index in [2.05, 4.69) is 16.2 Å². The average Bonchev–Trinajstić information content (AvgIpc) is 2.31. The first kappa shape index (κ1) is 20.2. The van der Waals surface area contributed by atoms with Gasteiger partial charge in [0, 0.05) is 0 Å². The molecule has 17 heavy (non-hydrogen) atoms. The molecule has 0 amide bonds. The van der Waals surface area contributed by atoms with Crippen LogP contribution in [0.25, 0.3) is 0 Å². The fourth-order valence-electron chi connectivity index (χ4n) is 2.16. The van der Waals surface area contributed by atoms with Gasteiger partial charge < -0.3 is 0 Å². The molecule has 0 spiro atoms. The van der Waals surface area contributed by atoms with Crippen LogP contribution in [0.2, 0.25) is 0 Å². The minimum Gasteiger partial charge on any atom is -0.138 e. The van der Waals surface area contributed by atoms with Crippen LogP contribution >= 0.6 is 26.2 Å². The molecule has 0 nitrogen and oxygen atoms in total. The van der Waals surface area contributed by atoms with Crippen molar-refractivity contribution in [3.8, 4) is 0 Å².